The molecule has 0 saturated heterocycles. The molecule has 21 heavy (non-hydrogen) atoms. The summed E-state index contributed by atoms with van der Waals surface area (Å²) in [6.07, 6.45) is 0. The number of benzene rings is 2. The normalized spacial score (nSPS) is 9.95. The molecule has 0 radical (unpaired) electrons. The number of nitro benzene ring substituents is 1. The van der Waals surface area contributed by atoms with Crippen molar-refractivity contribution in [2.75, 3.05) is 17.2 Å². The predicted octanol–water partition coefficient (Wildman–Crippen LogP) is 2.78. The molecule has 0 spiro atoms. The van der Waals surface area contributed by atoms with Gasteiger partial charge in [-0.15, -0.1) is 0 Å². The summed E-state index contributed by atoms with van der Waals surface area (Å²) in [5, 5.41) is 15.8. The van der Waals surface area contributed by atoms with Gasteiger partial charge in [-0.05, 0) is 18.2 Å². The molecular formula is C14H12FN3O3. The van der Waals surface area contributed by atoms with E-state index in [1.165, 1.54) is 0 Å². The Kier molecular flexibility index (Phi) is 4.45. The van der Waals surface area contributed by atoms with Crippen LogP contribution >= 0.6 is 0 Å². The highest BCUT2D eigenvalue weighted by Gasteiger charge is 2.12. The lowest BCUT2D eigenvalue weighted by Crippen LogP contribution is -2.22. The third kappa shape index (κ3) is 4.00. The third-order valence-corrected chi connectivity index (χ3v) is 2.66. The van der Waals surface area contributed by atoms with E-state index in [9.17, 15) is 19.3 Å². The predicted molar refractivity (Wildman–Crippen MR) is 76.6 cm³/mol. The molecule has 0 saturated carbocycles. The maximum Gasteiger partial charge on any atom is 0.271 e. The zero-order valence-corrected chi connectivity index (χ0v) is 10.9. The summed E-state index contributed by atoms with van der Waals surface area (Å²) in [4.78, 5) is 21.7. The summed E-state index contributed by atoms with van der Waals surface area (Å²) in [7, 11) is 0. The average molecular weight is 289 g/mol. The molecule has 7 heteroatoms. The number of para-hydroxylation sites is 1. The minimum atomic E-state index is -0.728. The molecular weight excluding hydrogens is 277 g/mol. The van der Waals surface area contributed by atoms with E-state index in [1.807, 2.05) is 6.07 Å². The van der Waals surface area contributed by atoms with Crippen LogP contribution in [-0.2, 0) is 4.79 Å². The first kappa shape index (κ1) is 14.4. The second-order valence-corrected chi connectivity index (χ2v) is 4.19. The van der Waals surface area contributed by atoms with Gasteiger partial charge in [0.2, 0.25) is 5.91 Å². The number of anilines is 2. The lowest BCUT2D eigenvalue weighted by Gasteiger charge is -2.08. The molecule has 2 rings (SSSR count). The Hall–Kier alpha value is -2.96. The molecule has 2 aromatic carbocycles. The number of rotatable bonds is 5. The van der Waals surface area contributed by atoms with Crippen molar-refractivity contribution in [3.8, 4) is 0 Å². The SMILES string of the molecule is O=C(CNc1ccccc1)Nc1cc([N+](=O)[O-])ccc1F. The fraction of sp³-hybridized carbons (Fsp3) is 0.0714. The molecule has 0 unspecified atom stereocenters. The van der Waals surface area contributed by atoms with Crippen LogP contribution in [0.4, 0.5) is 21.5 Å². The van der Waals surface area contributed by atoms with Gasteiger partial charge in [0.15, 0.2) is 0 Å². The largest absolute Gasteiger partial charge is 0.376 e. The van der Waals surface area contributed by atoms with Gasteiger partial charge < -0.3 is 10.6 Å². The highest BCUT2D eigenvalue weighted by molar-refractivity contribution is 5.94. The lowest BCUT2D eigenvalue weighted by atomic mass is 10.2. The first-order valence-electron chi connectivity index (χ1n) is 6.09. The van der Waals surface area contributed by atoms with E-state index >= 15 is 0 Å². The van der Waals surface area contributed by atoms with Gasteiger partial charge >= 0.3 is 0 Å². The van der Waals surface area contributed by atoms with E-state index in [4.69, 9.17) is 0 Å². The minimum absolute atomic E-state index is 0.0772. The number of hydrogen-bond acceptors (Lipinski definition) is 4. The van der Waals surface area contributed by atoms with E-state index in [0.717, 1.165) is 23.9 Å². The Morgan fingerprint density at radius 3 is 2.57 bits per heavy atom. The number of nitro groups is 1. The Balaban J connectivity index is 1.99. The van der Waals surface area contributed by atoms with Crippen molar-refractivity contribution in [3.63, 3.8) is 0 Å². The summed E-state index contributed by atoms with van der Waals surface area (Å²) < 4.78 is 13.5. The van der Waals surface area contributed by atoms with E-state index in [1.54, 1.807) is 24.3 Å². The molecule has 0 aliphatic heterocycles. The van der Waals surface area contributed by atoms with E-state index < -0.39 is 16.6 Å². The topological polar surface area (TPSA) is 84.3 Å². The van der Waals surface area contributed by atoms with Crippen LogP contribution in [0.1, 0.15) is 0 Å². The number of carbonyl (C=O) groups excluding carboxylic acids is 1. The fourth-order valence-electron chi connectivity index (χ4n) is 1.66. The molecule has 108 valence electrons. The molecule has 0 aliphatic carbocycles. The average Bonchev–Trinajstić information content (AvgIpc) is 2.48. The molecule has 0 bridgehead atoms. The zero-order chi connectivity index (χ0) is 15.2. The van der Waals surface area contributed by atoms with Gasteiger partial charge in [-0.3, -0.25) is 14.9 Å². The van der Waals surface area contributed by atoms with Gasteiger partial charge in [-0.25, -0.2) is 4.39 Å². The molecule has 0 aliphatic rings. The van der Waals surface area contributed by atoms with Gasteiger partial charge in [0, 0.05) is 17.8 Å². The molecule has 0 fully saturated rings. The lowest BCUT2D eigenvalue weighted by molar-refractivity contribution is -0.384. The van der Waals surface area contributed by atoms with Crippen LogP contribution in [0, 0.1) is 15.9 Å². The van der Waals surface area contributed by atoms with Crippen LogP contribution in [-0.4, -0.2) is 17.4 Å². The van der Waals surface area contributed by atoms with Gasteiger partial charge in [-0.2, -0.15) is 0 Å². The summed E-state index contributed by atoms with van der Waals surface area (Å²) in [5.74, 6) is -1.23. The number of hydrogen-bond donors (Lipinski definition) is 2. The highest BCUT2D eigenvalue weighted by atomic mass is 19.1. The van der Waals surface area contributed by atoms with E-state index in [0.29, 0.717) is 0 Å². The van der Waals surface area contributed by atoms with Gasteiger partial charge in [0.1, 0.15) is 5.82 Å². The Morgan fingerprint density at radius 1 is 1.19 bits per heavy atom. The number of nitrogens with zero attached hydrogens (tertiary/aromatic N) is 1. The van der Waals surface area contributed by atoms with Gasteiger partial charge in [-0.1, -0.05) is 18.2 Å². The maximum absolute atomic E-state index is 13.5. The van der Waals surface area contributed by atoms with Crippen molar-refractivity contribution in [1.82, 2.24) is 0 Å². The van der Waals surface area contributed by atoms with Crippen molar-refractivity contribution in [2.45, 2.75) is 0 Å². The fourth-order valence-corrected chi connectivity index (χ4v) is 1.66. The van der Waals surface area contributed by atoms with Gasteiger partial charge in [0.25, 0.3) is 5.69 Å². The molecule has 0 heterocycles. The van der Waals surface area contributed by atoms with Crippen molar-refractivity contribution < 1.29 is 14.1 Å². The second kappa shape index (κ2) is 6.47. The first-order valence-corrected chi connectivity index (χ1v) is 6.09. The third-order valence-electron chi connectivity index (χ3n) is 2.66. The van der Waals surface area contributed by atoms with Crippen molar-refractivity contribution in [3.05, 3.63) is 64.5 Å². The molecule has 0 aromatic heterocycles. The van der Waals surface area contributed by atoms with E-state index in [2.05, 4.69) is 10.6 Å². The van der Waals surface area contributed by atoms with Crippen LogP contribution in [0.5, 0.6) is 0 Å². The van der Waals surface area contributed by atoms with Crippen LogP contribution in [0.25, 0.3) is 0 Å². The maximum atomic E-state index is 13.5. The molecule has 2 N–H and O–H groups in total. The molecule has 6 nitrogen and oxygen atoms in total. The van der Waals surface area contributed by atoms with Crippen molar-refractivity contribution >= 4 is 23.0 Å². The molecule has 0 atom stereocenters. The summed E-state index contributed by atoms with van der Waals surface area (Å²) >= 11 is 0. The van der Waals surface area contributed by atoms with Crippen molar-refractivity contribution in [2.24, 2.45) is 0 Å². The number of halogens is 1. The summed E-state index contributed by atoms with van der Waals surface area (Å²) in [6, 6.07) is 12.0. The second-order valence-electron chi connectivity index (χ2n) is 4.19. The highest BCUT2D eigenvalue weighted by Crippen LogP contribution is 2.21. The Labute approximate surface area is 119 Å². The van der Waals surface area contributed by atoms with Gasteiger partial charge in [0.05, 0.1) is 17.2 Å². The van der Waals surface area contributed by atoms with Crippen LogP contribution < -0.4 is 10.6 Å². The monoisotopic (exact) mass is 289 g/mol. The first-order chi connectivity index (χ1) is 10.1. The Bertz CT molecular complexity index is 662. The van der Waals surface area contributed by atoms with Crippen LogP contribution in [0.3, 0.4) is 0 Å². The minimum Gasteiger partial charge on any atom is -0.376 e. The standard InChI is InChI=1S/C14H12FN3O3/c15-12-7-6-11(18(20)21)8-13(12)17-14(19)9-16-10-4-2-1-3-5-10/h1-8,16H,9H2,(H,17,19). The van der Waals surface area contributed by atoms with E-state index in [-0.39, 0.29) is 17.9 Å². The quantitative estimate of drug-likeness (QED) is 0.654. The number of nitrogens with one attached hydrogen (secondary N) is 2. The van der Waals surface area contributed by atoms with Crippen molar-refractivity contribution in [1.29, 1.82) is 0 Å². The number of carbonyl (C=O) groups is 1. The summed E-state index contributed by atoms with van der Waals surface area (Å²) in [5.41, 5.74) is 0.235. The Morgan fingerprint density at radius 2 is 1.90 bits per heavy atom. The summed E-state index contributed by atoms with van der Waals surface area (Å²) in [6.45, 7) is -0.0772. The molecule has 2 aromatic rings. The van der Waals surface area contributed by atoms with Crippen LogP contribution in [0.2, 0.25) is 0 Å². The van der Waals surface area contributed by atoms with Crippen LogP contribution in [0.15, 0.2) is 48.5 Å². The molecule has 1 amide bonds. The number of non-ortho nitro benzene ring substituents is 1. The number of amides is 1. The zero-order valence-electron chi connectivity index (χ0n) is 10.9. The smallest absolute Gasteiger partial charge is 0.271 e.